The molecule has 1 saturated heterocycles. The molecule has 2 N–H and O–H groups in total. The molecule has 154 valence electrons. The van der Waals surface area contributed by atoms with Gasteiger partial charge in [0, 0.05) is 25.6 Å². The van der Waals surface area contributed by atoms with Crippen molar-refractivity contribution in [3.05, 3.63) is 23.5 Å². The monoisotopic (exact) mass is 400 g/mol. The molecule has 9 heteroatoms. The summed E-state index contributed by atoms with van der Waals surface area (Å²) in [5, 5.41) is 5.35. The molecule has 1 aromatic rings. The van der Waals surface area contributed by atoms with E-state index in [0.717, 1.165) is 30.6 Å². The second-order valence-corrected chi connectivity index (χ2v) is 7.32. The number of carbonyl (C=O) groups excluding carboxylic acids is 5. The molecule has 2 aliphatic heterocycles. The number of unbranched alkanes of at least 4 members (excludes halogenated alkanes) is 3. The summed E-state index contributed by atoms with van der Waals surface area (Å²) in [5.74, 6) is -2.05. The number of anilines is 1. The molecule has 1 unspecified atom stereocenters. The summed E-state index contributed by atoms with van der Waals surface area (Å²) in [6.45, 7) is 2.19. The zero-order chi connectivity index (χ0) is 21.0. The number of pyridine rings is 1. The van der Waals surface area contributed by atoms with Crippen molar-refractivity contribution in [3.8, 4) is 0 Å². The first-order valence-corrected chi connectivity index (χ1v) is 9.84. The molecule has 0 radical (unpaired) electrons. The average molecular weight is 400 g/mol. The van der Waals surface area contributed by atoms with Crippen molar-refractivity contribution >= 4 is 35.1 Å². The fourth-order valence-corrected chi connectivity index (χ4v) is 3.60. The van der Waals surface area contributed by atoms with Crippen molar-refractivity contribution in [1.29, 1.82) is 0 Å². The van der Waals surface area contributed by atoms with E-state index in [-0.39, 0.29) is 29.9 Å². The largest absolute Gasteiger partial charge is 0.384 e. The van der Waals surface area contributed by atoms with Gasteiger partial charge in [0.15, 0.2) is 0 Å². The molecule has 9 nitrogen and oxygen atoms in total. The zero-order valence-corrected chi connectivity index (χ0v) is 16.3. The molecule has 0 aliphatic carbocycles. The Morgan fingerprint density at radius 2 is 1.93 bits per heavy atom. The number of nitrogens with one attached hydrogen (secondary N) is 2. The standard InChI is InChI=1S/C20H24N4O5/c1-12(25)6-4-2-3-5-10-21-13-9-11-22-17-16(13)19(28)24(20(17)29)14-7-8-15(26)23-18(14)27/h9,11,14H,2-8,10H2,1H3,(H,21,22)(H,23,26,27). The quantitative estimate of drug-likeness (QED) is 0.474. The number of hydrogen-bond donors (Lipinski definition) is 2. The fraction of sp³-hybridized carbons (Fsp3) is 0.500. The minimum atomic E-state index is -1.00. The molecule has 3 heterocycles. The molecule has 2 aliphatic rings. The Balaban J connectivity index is 1.63. The lowest BCUT2D eigenvalue weighted by molar-refractivity contribution is -0.136. The van der Waals surface area contributed by atoms with Gasteiger partial charge in [0.2, 0.25) is 11.8 Å². The molecule has 3 rings (SSSR count). The fourth-order valence-electron chi connectivity index (χ4n) is 3.60. The first-order valence-electron chi connectivity index (χ1n) is 9.84. The summed E-state index contributed by atoms with van der Waals surface area (Å²) in [5.41, 5.74) is 0.691. The van der Waals surface area contributed by atoms with Gasteiger partial charge in [-0.25, -0.2) is 0 Å². The van der Waals surface area contributed by atoms with Crippen LogP contribution in [-0.4, -0.2) is 51.9 Å². The Kier molecular flexibility index (Phi) is 6.36. The van der Waals surface area contributed by atoms with Crippen LogP contribution in [0.25, 0.3) is 0 Å². The van der Waals surface area contributed by atoms with Crippen molar-refractivity contribution in [1.82, 2.24) is 15.2 Å². The molecule has 4 amide bonds. The van der Waals surface area contributed by atoms with Gasteiger partial charge in [-0.05, 0) is 32.3 Å². The van der Waals surface area contributed by atoms with E-state index < -0.39 is 29.7 Å². The van der Waals surface area contributed by atoms with Crippen molar-refractivity contribution in [2.24, 2.45) is 0 Å². The lowest BCUT2D eigenvalue weighted by atomic mass is 10.0. The van der Waals surface area contributed by atoms with Gasteiger partial charge in [0.05, 0.1) is 11.3 Å². The van der Waals surface area contributed by atoms with E-state index in [0.29, 0.717) is 18.7 Å². The van der Waals surface area contributed by atoms with Gasteiger partial charge < -0.3 is 10.1 Å². The number of nitrogens with zero attached hydrogens (tertiary/aromatic N) is 2. The van der Waals surface area contributed by atoms with Gasteiger partial charge in [-0.15, -0.1) is 0 Å². The van der Waals surface area contributed by atoms with Crippen LogP contribution >= 0.6 is 0 Å². The number of carbonyl (C=O) groups is 5. The van der Waals surface area contributed by atoms with Crippen LogP contribution in [0.3, 0.4) is 0 Å². The van der Waals surface area contributed by atoms with E-state index >= 15 is 0 Å². The first kappa shape index (κ1) is 20.6. The number of Topliss-reactive ketones (excluding diaryl/α,β-unsaturated/α-hetero) is 1. The molecule has 0 bridgehead atoms. The molecule has 0 aromatic carbocycles. The zero-order valence-electron chi connectivity index (χ0n) is 16.3. The van der Waals surface area contributed by atoms with E-state index in [9.17, 15) is 24.0 Å². The SMILES string of the molecule is CC(=O)CCCCCCNc1ccnc2c1C(=O)N(C1CCC(=O)NC1=O)C2=O. The molecule has 29 heavy (non-hydrogen) atoms. The van der Waals surface area contributed by atoms with Gasteiger partial charge in [-0.1, -0.05) is 12.8 Å². The highest BCUT2D eigenvalue weighted by atomic mass is 16.2. The Bertz CT molecular complexity index is 866. The molecule has 0 spiro atoms. The second kappa shape index (κ2) is 8.93. The maximum atomic E-state index is 12.9. The summed E-state index contributed by atoms with van der Waals surface area (Å²) in [6, 6.07) is 0.629. The van der Waals surface area contributed by atoms with Gasteiger partial charge >= 0.3 is 0 Å². The lowest BCUT2D eigenvalue weighted by Crippen LogP contribution is -2.54. The third-order valence-corrected chi connectivity index (χ3v) is 5.10. The van der Waals surface area contributed by atoms with Crippen LogP contribution in [0.4, 0.5) is 5.69 Å². The molecule has 1 aromatic heterocycles. The summed E-state index contributed by atoms with van der Waals surface area (Å²) in [7, 11) is 0. The van der Waals surface area contributed by atoms with Gasteiger partial charge in [0.25, 0.3) is 11.8 Å². The van der Waals surface area contributed by atoms with Crippen LogP contribution in [0.5, 0.6) is 0 Å². The number of fused-ring (bicyclic) bond motifs is 1. The first-order chi connectivity index (χ1) is 13.9. The lowest BCUT2D eigenvalue weighted by Gasteiger charge is -2.27. The highest BCUT2D eigenvalue weighted by Crippen LogP contribution is 2.31. The third kappa shape index (κ3) is 4.49. The third-order valence-electron chi connectivity index (χ3n) is 5.10. The minimum Gasteiger partial charge on any atom is -0.384 e. The van der Waals surface area contributed by atoms with Crippen LogP contribution in [0, 0.1) is 0 Å². The number of rotatable bonds is 9. The van der Waals surface area contributed by atoms with Crippen LogP contribution in [0.2, 0.25) is 0 Å². The molecule has 1 atom stereocenters. The highest BCUT2D eigenvalue weighted by molar-refractivity contribution is 6.24. The summed E-state index contributed by atoms with van der Waals surface area (Å²) >= 11 is 0. The predicted molar refractivity (Wildman–Crippen MR) is 103 cm³/mol. The Morgan fingerprint density at radius 1 is 1.17 bits per heavy atom. The summed E-state index contributed by atoms with van der Waals surface area (Å²) in [6.07, 6.45) is 5.86. The van der Waals surface area contributed by atoms with Crippen LogP contribution < -0.4 is 10.6 Å². The van der Waals surface area contributed by atoms with E-state index in [2.05, 4.69) is 15.6 Å². The number of aromatic nitrogens is 1. The Labute approximate surface area is 168 Å². The molecular formula is C20H24N4O5. The average Bonchev–Trinajstić information content (AvgIpc) is 2.92. The van der Waals surface area contributed by atoms with Crippen molar-refractivity contribution in [2.75, 3.05) is 11.9 Å². The minimum absolute atomic E-state index is 0.0196. The number of hydrogen-bond acceptors (Lipinski definition) is 7. The van der Waals surface area contributed by atoms with Crippen LogP contribution in [0.15, 0.2) is 12.3 Å². The Morgan fingerprint density at radius 3 is 2.66 bits per heavy atom. The van der Waals surface area contributed by atoms with Crippen molar-refractivity contribution in [3.63, 3.8) is 0 Å². The van der Waals surface area contributed by atoms with Crippen molar-refractivity contribution < 1.29 is 24.0 Å². The summed E-state index contributed by atoms with van der Waals surface area (Å²) < 4.78 is 0. The highest BCUT2D eigenvalue weighted by Gasteiger charge is 2.46. The molecule has 0 saturated carbocycles. The predicted octanol–water partition coefficient (Wildman–Crippen LogP) is 1.43. The number of amides is 4. The van der Waals surface area contributed by atoms with Gasteiger partial charge in [0.1, 0.15) is 17.5 Å². The molecule has 1 fully saturated rings. The van der Waals surface area contributed by atoms with Gasteiger partial charge in [-0.2, -0.15) is 0 Å². The van der Waals surface area contributed by atoms with E-state index in [1.54, 1.807) is 13.0 Å². The normalized spacial score (nSPS) is 18.7. The maximum Gasteiger partial charge on any atom is 0.280 e. The van der Waals surface area contributed by atoms with E-state index in [1.165, 1.54) is 6.20 Å². The molecular weight excluding hydrogens is 376 g/mol. The Hall–Kier alpha value is -3.10. The van der Waals surface area contributed by atoms with Crippen LogP contribution in [-0.2, 0) is 14.4 Å². The van der Waals surface area contributed by atoms with Crippen LogP contribution in [0.1, 0.15) is 72.7 Å². The summed E-state index contributed by atoms with van der Waals surface area (Å²) in [4.78, 5) is 65.0. The topological polar surface area (TPSA) is 126 Å². The number of ketones is 1. The number of piperidine rings is 1. The maximum absolute atomic E-state index is 12.9. The second-order valence-electron chi connectivity index (χ2n) is 7.32. The van der Waals surface area contributed by atoms with E-state index in [1.807, 2.05) is 0 Å². The smallest absolute Gasteiger partial charge is 0.280 e. The van der Waals surface area contributed by atoms with Gasteiger partial charge in [-0.3, -0.25) is 34.4 Å². The van der Waals surface area contributed by atoms with E-state index in [4.69, 9.17) is 0 Å². The number of imide groups is 2. The van der Waals surface area contributed by atoms with Crippen molar-refractivity contribution in [2.45, 2.75) is 57.9 Å².